The fraction of sp³-hybridized carbons (Fsp3) is 0.579. The summed E-state index contributed by atoms with van der Waals surface area (Å²) in [7, 11) is 0. The van der Waals surface area contributed by atoms with E-state index in [2.05, 4.69) is 41.2 Å². The first-order valence-electron chi connectivity index (χ1n) is 19.1. The third kappa shape index (κ3) is 9.72. The molecule has 0 bridgehead atoms. The summed E-state index contributed by atoms with van der Waals surface area (Å²) in [5.74, 6) is 0.587. The number of aromatic nitrogens is 4. The Morgan fingerprint density at radius 2 is 1.04 bits per heavy atom. The van der Waals surface area contributed by atoms with Crippen molar-refractivity contribution in [3.05, 3.63) is 68.3 Å². The summed E-state index contributed by atoms with van der Waals surface area (Å²) in [4.78, 5) is 38.9. The van der Waals surface area contributed by atoms with E-state index in [9.17, 15) is 27.2 Å². The molecule has 6 N–H and O–H groups in total. The molecule has 2 aromatic carbocycles. The Kier molecular flexibility index (Phi) is 13.0. The van der Waals surface area contributed by atoms with Gasteiger partial charge in [-0.25, -0.2) is 27.5 Å². The lowest BCUT2D eigenvalue weighted by molar-refractivity contribution is 0.275. The molecule has 0 spiro atoms. The first kappa shape index (κ1) is 38.9. The zero-order chi connectivity index (χ0) is 37.6. The van der Waals surface area contributed by atoms with E-state index >= 15 is 0 Å². The van der Waals surface area contributed by atoms with Gasteiger partial charge in [-0.05, 0) is 75.9 Å². The number of fused-ring (bicyclic) bond motifs is 2. The zero-order valence-electron chi connectivity index (χ0n) is 30.1. The molecule has 4 fully saturated rings. The van der Waals surface area contributed by atoms with E-state index in [4.69, 9.17) is 0 Å². The third-order valence-electron chi connectivity index (χ3n) is 10.6. The van der Waals surface area contributed by atoms with Crippen molar-refractivity contribution >= 4 is 56.7 Å². The molecule has 4 aliphatic rings. The van der Waals surface area contributed by atoms with Gasteiger partial charge < -0.3 is 31.2 Å². The molecular formula is C38H48F4N8O2S2. The Hall–Kier alpha value is -3.34. The quantitative estimate of drug-likeness (QED) is 0.0964. The van der Waals surface area contributed by atoms with Gasteiger partial charge in [-0.2, -0.15) is 0 Å². The highest BCUT2D eigenvalue weighted by atomic mass is 32.2. The van der Waals surface area contributed by atoms with E-state index in [0.717, 1.165) is 51.6 Å². The molecule has 2 aliphatic carbocycles. The van der Waals surface area contributed by atoms with Crippen LogP contribution in [0.3, 0.4) is 0 Å². The Bertz CT molecular complexity index is 1880. The van der Waals surface area contributed by atoms with Crippen LogP contribution in [-0.4, -0.2) is 81.0 Å². The minimum absolute atomic E-state index is 0.0223. The number of alkyl halides is 2. The second-order valence-corrected chi connectivity index (χ2v) is 17.2. The molecule has 2 aromatic heterocycles. The summed E-state index contributed by atoms with van der Waals surface area (Å²) < 4.78 is 56.9. The largest absolute Gasteiger partial charge is 0.382 e. The van der Waals surface area contributed by atoms with Gasteiger partial charge in [0, 0.05) is 47.0 Å². The first-order chi connectivity index (χ1) is 26.2. The lowest BCUT2D eigenvalue weighted by Crippen LogP contribution is -2.39. The number of anilines is 2. The van der Waals surface area contributed by atoms with Crippen LogP contribution in [0.1, 0.15) is 75.9 Å². The number of hydrogen-bond acceptors (Lipinski definition) is 10. The average Bonchev–Trinajstić information content (AvgIpc) is 3.86. The van der Waals surface area contributed by atoms with Gasteiger partial charge in [0.15, 0.2) is 0 Å². The molecule has 2 aliphatic heterocycles. The zero-order valence-corrected chi connectivity index (χ0v) is 31.8. The van der Waals surface area contributed by atoms with Gasteiger partial charge in [-0.3, -0.25) is 9.59 Å². The van der Waals surface area contributed by atoms with Crippen molar-refractivity contribution in [2.75, 3.05) is 36.8 Å². The van der Waals surface area contributed by atoms with Crippen LogP contribution in [-0.2, 0) is 11.5 Å². The van der Waals surface area contributed by atoms with Crippen LogP contribution < -0.4 is 32.4 Å². The van der Waals surface area contributed by atoms with E-state index in [-0.39, 0.29) is 21.3 Å². The number of nitrogens with zero attached hydrogens (tertiary/aromatic N) is 2. The molecule has 0 unspecified atom stereocenters. The highest BCUT2D eigenvalue weighted by molar-refractivity contribution is 7.99. The molecule has 2 saturated heterocycles. The maximum atomic E-state index is 14.5. The number of piperidine rings is 2. The third-order valence-corrected chi connectivity index (χ3v) is 13.4. The predicted molar refractivity (Wildman–Crippen MR) is 211 cm³/mol. The number of rotatable bonds is 10. The lowest BCUT2D eigenvalue weighted by Gasteiger charge is -2.25. The number of aromatic amines is 2. The molecular weight excluding hydrogens is 741 g/mol. The fourth-order valence-corrected chi connectivity index (χ4v) is 10.00. The highest BCUT2D eigenvalue weighted by Crippen LogP contribution is 2.30. The van der Waals surface area contributed by atoms with Crippen molar-refractivity contribution in [3.63, 3.8) is 0 Å². The first-order valence-corrected chi connectivity index (χ1v) is 21.2. The number of hydrogen-bond donors (Lipinski definition) is 6. The van der Waals surface area contributed by atoms with Crippen molar-refractivity contribution in [1.82, 2.24) is 30.6 Å². The molecule has 10 nitrogen and oxygen atoms in total. The molecule has 54 heavy (non-hydrogen) atoms. The van der Waals surface area contributed by atoms with Crippen molar-refractivity contribution in [2.24, 2.45) is 0 Å². The summed E-state index contributed by atoms with van der Waals surface area (Å²) in [5.41, 5.74) is 1.04. The average molecular weight is 789 g/mol. The minimum atomic E-state index is -0.907. The molecule has 16 heteroatoms. The second-order valence-electron chi connectivity index (χ2n) is 14.7. The van der Waals surface area contributed by atoms with Crippen LogP contribution in [0.4, 0.5) is 28.9 Å². The van der Waals surface area contributed by atoms with Crippen LogP contribution in [0.5, 0.6) is 0 Å². The summed E-state index contributed by atoms with van der Waals surface area (Å²) in [6, 6.07) is 6.91. The highest BCUT2D eigenvalue weighted by Gasteiger charge is 2.27. The van der Waals surface area contributed by atoms with Gasteiger partial charge in [-0.1, -0.05) is 25.7 Å². The second kappa shape index (κ2) is 18.1. The monoisotopic (exact) mass is 788 g/mol. The number of thioether (sulfide) groups is 2. The van der Waals surface area contributed by atoms with E-state index in [1.807, 2.05) is 0 Å². The minimum Gasteiger partial charge on any atom is -0.382 e. The topological polar surface area (TPSA) is 140 Å². The van der Waals surface area contributed by atoms with E-state index < -0.39 is 35.1 Å². The van der Waals surface area contributed by atoms with Crippen molar-refractivity contribution in [2.45, 2.75) is 111 Å². The Labute approximate surface area is 319 Å². The molecule has 4 aromatic rings. The van der Waals surface area contributed by atoms with Crippen LogP contribution in [0, 0.1) is 11.6 Å². The molecule has 8 rings (SSSR count). The number of halogens is 4. The maximum Gasteiger partial charge on any atom is 0.261 e. The summed E-state index contributed by atoms with van der Waals surface area (Å²) in [6.07, 6.45) is 8.69. The van der Waals surface area contributed by atoms with E-state index in [1.54, 1.807) is 12.1 Å². The molecule has 4 heterocycles. The van der Waals surface area contributed by atoms with Crippen molar-refractivity contribution in [1.29, 1.82) is 0 Å². The predicted octanol–water partition coefficient (Wildman–Crippen LogP) is 6.70. The summed E-state index contributed by atoms with van der Waals surface area (Å²) >= 11 is 2.91. The Balaban J connectivity index is 0.000000167. The van der Waals surface area contributed by atoms with Gasteiger partial charge in [0.25, 0.3) is 11.1 Å². The molecule has 0 radical (unpaired) electrons. The lowest BCUT2D eigenvalue weighted by atomic mass is 10.1. The number of benzene rings is 2. The number of nitrogens with one attached hydrogen (secondary N) is 6. The standard InChI is InChI=1S/2C19H24F2N4OS/c2*20-13-7-12(23-11-3-1-2-4-11)8-15-18(13)19(26)25-17(24-15)10-27-16-5-6-22-9-14(16)21/h2*7-8,11,14,16,22-23H,1-6,9-10H2,(H,24,25,26)/t2*14-,16-/m10/s1. The van der Waals surface area contributed by atoms with Gasteiger partial charge in [0.05, 0.1) is 22.5 Å². The molecule has 0 amide bonds. The molecule has 4 atom stereocenters. The smallest absolute Gasteiger partial charge is 0.261 e. The molecule has 292 valence electrons. The maximum absolute atomic E-state index is 14.5. The summed E-state index contributed by atoms with van der Waals surface area (Å²) in [6.45, 7) is 2.31. The van der Waals surface area contributed by atoms with Gasteiger partial charge in [0.2, 0.25) is 0 Å². The van der Waals surface area contributed by atoms with Crippen LogP contribution in [0.2, 0.25) is 0 Å². The molecule has 2 saturated carbocycles. The van der Waals surface area contributed by atoms with Gasteiger partial charge >= 0.3 is 0 Å². The summed E-state index contributed by atoms with van der Waals surface area (Å²) in [5, 5.41) is 12.5. The Morgan fingerprint density at radius 3 is 1.43 bits per heavy atom. The van der Waals surface area contributed by atoms with Crippen molar-refractivity contribution < 1.29 is 17.6 Å². The van der Waals surface area contributed by atoms with E-state index in [1.165, 1.54) is 61.3 Å². The van der Waals surface area contributed by atoms with Gasteiger partial charge in [-0.15, -0.1) is 23.5 Å². The van der Waals surface area contributed by atoms with Crippen LogP contribution in [0.25, 0.3) is 21.8 Å². The SMILES string of the molecule is O=c1[nH]c(CS[C@@H]2CCNC[C@H]2F)nc2cc(NC3CCCC3)cc(F)c12.O=c1[nH]c(CS[C@H]2CCNC[C@@H]2F)nc2cc(NC3CCCC3)cc(F)c12. The number of H-pyrrole nitrogens is 2. The fourth-order valence-electron chi connectivity index (χ4n) is 7.80. The van der Waals surface area contributed by atoms with Gasteiger partial charge in [0.1, 0.15) is 46.4 Å². The van der Waals surface area contributed by atoms with Crippen LogP contribution >= 0.6 is 23.5 Å². The van der Waals surface area contributed by atoms with E-state index in [0.29, 0.717) is 70.7 Å². The normalized spacial score (nSPS) is 23.8. The Morgan fingerprint density at radius 1 is 0.630 bits per heavy atom. The van der Waals surface area contributed by atoms with Crippen molar-refractivity contribution in [3.8, 4) is 0 Å². The van der Waals surface area contributed by atoms with Crippen LogP contribution in [0.15, 0.2) is 33.9 Å².